The first-order valence-corrected chi connectivity index (χ1v) is 13.5. The van der Waals surface area contributed by atoms with Crippen molar-refractivity contribution in [2.75, 3.05) is 37.7 Å². The van der Waals surface area contributed by atoms with Crippen LogP contribution in [-0.2, 0) is 12.8 Å². The van der Waals surface area contributed by atoms with Crippen molar-refractivity contribution in [1.29, 1.82) is 0 Å². The third-order valence-electron chi connectivity index (χ3n) is 7.80. The van der Waals surface area contributed by atoms with Crippen LogP contribution < -0.4 is 15.4 Å². The van der Waals surface area contributed by atoms with Crippen LogP contribution in [-0.4, -0.2) is 54.9 Å². The summed E-state index contributed by atoms with van der Waals surface area (Å²) in [4.78, 5) is 16.8. The molecule has 3 saturated heterocycles. The lowest BCUT2D eigenvalue weighted by Gasteiger charge is -2.48. The number of rotatable bonds is 10. The van der Waals surface area contributed by atoms with Gasteiger partial charge in [0.15, 0.2) is 0 Å². The van der Waals surface area contributed by atoms with E-state index in [1.54, 1.807) is 4.90 Å². The van der Waals surface area contributed by atoms with Gasteiger partial charge in [-0.15, -0.1) is 0 Å². The van der Waals surface area contributed by atoms with Crippen molar-refractivity contribution < 1.29 is 14.6 Å². The van der Waals surface area contributed by atoms with Gasteiger partial charge < -0.3 is 20.5 Å². The minimum Gasteiger partial charge on any atom is -0.494 e. The van der Waals surface area contributed by atoms with Crippen LogP contribution in [0.2, 0.25) is 0 Å². The maximum absolute atomic E-state index is 12.7. The number of fused-ring (bicyclic) bond motifs is 3. The number of hydrogen-bond donors (Lipinski definition) is 2. The lowest BCUT2D eigenvalue weighted by molar-refractivity contribution is 0.0837. The van der Waals surface area contributed by atoms with Gasteiger partial charge in [0.05, 0.1) is 18.3 Å². The fourth-order valence-corrected chi connectivity index (χ4v) is 5.83. The number of piperidine rings is 3. The Kier molecular flexibility index (Phi) is 8.07. The molecule has 0 aromatic heterocycles. The highest BCUT2D eigenvalue weighted by Gasteiger charge is 2.40. The summed E-state index contributed by atoms with van der Waals surface area (Å²) in [5.41, 5.74) is 10.8. The average molecular weight is 500 g/mol. The van der Waals surface area contributed by atoms with Crippen molar-refractivity contribution in [2.24, 2.45) is 11.7 Å². The van der Waals surface area contributed by atoms with Crippen molar-refractivity contribution in [3.8, 4) is 16.9 Å². The zero-order valence-electron chi connectivity index (χ0n) is 21.4. The maximum atomic E-state index is 12.7. The summed E-state index contributed by atoms with van der Waals surface area (Å²) >= 11 is 0. The first-order valence-electron chi connectivity index (χ1n) is 13.5. The number of anilines is 1. The van der Waals surface area contributed by atoms with Crippen molar-refractivity contribution in [2.45, 2.75) is 38.1 Å². The third kappa shape index (κ3) is 5.97. The highest BCUT2D eigenvalue weighted by Crippen LogP contribution is 2.38. The summed E-state index contributed by atoms with van der Waals surface area (Å²) in [5.74, 6) is 1.28. The van der Waals surface area contributed by atoms with Crippen LogP contribution in [0.15, 0.2) is 72.8 Å². The normalized spacial score (nSPS) is 20.5. The molecule has 0 aliphatic carbocycles. The Morgan fingerprint density at radius 2 is 1.70 bits per heavy atom. The Hall–Kier alpha value is -3.35. The van der Waals surface area contributed by atoms with E-state index >= 15 is 0 Å². The minimum atomic E-state index is -0.866. The Bertz CT molecular complexity index is 1170. The summed E-state index contributed by atoms with van der Waals surface area (Å²) in [6.45, 7) is 4.22. The second kappa shape index (κ2) is 11.8. The number of carbonyl (C=O) groups is 1. The standard InChI is InChI=1S/C31H37N3O3/c32-17-14-23-8-11-27(12-9-23)37-20-4-5-24-10-13-28(25-6-2-1-3-7-25)29(21-24)34(31(35)36)30-22-33-18-15-26(30)16-19-33/h1-3,6-13,21,26,30H,4-5,14-20,22,32H2,(H,35,36). The molecule has 0 saturated carbocycles. The summed E-state index contributed by atoms with van der Waals surface area (Å²) in [7, 11) is 0. The Morgan fingerprint density at radius 1 is 0.973 bits per heavy atom. The zero-order valence-corrected chi connectivity index (χ0v) is 21.4. The number of nitrogens with two attached hydrogens (primary N) is 1. The van der Waals surface area contributed by atoms with Gasteiger partial charge in [0, 0.05) is 12.1 Å². The Labute approximate surface area is 219 Å². The second-order valence-corrected chi connectivity index (χ2v) is 10.2. The molecule has 6 rings (SSSR count). The Balaban J connectivity index is 1.34. The van der Waals surface area contributed by atoms with Gasteiger partial charge in [-0.3, -0.25) is 4.90 Å². The van der Waals surface area contributed by atoms with Crippen LogP contribution >= 0.6 is 0 Å². The van der Waals surface area contributed by atoms with Gasteiger partial charge in [0.1, 0.15) is 5.75 Å². The van der Waals surface area contributed by atoms with Crippen LogP contribution in [0.1, 0.15) is 30.4 Å². The number of benzene rings is 3. The largest absolute Gasteiger partial charge is 0.494 e. The van der Waals surface area contributed by atoms with E-state index in [1.165, 1.54) is 5.56 Å². The molecule has 3 aliphatic heterocycles. The first kappa shape index (κ1) is 25.3. The topological polar surface area (TPSA) is 79.0 Å². The molecular weight excluding hydrogens is 462 g/mol. The summed E-state index contributed by atoms with van der Waals surface area (Å²) in [5, 5.41) is 10.4. The molecule has 3 aliphatic rings. The van der Waals surface area contributed by atoms with Gasteiger partial charge in [0.2, 0.25) is 0 Å². The molecule has 6 nitrogen and oxygen atoms in total. The molecule has 0 spiro atoms. The van der Waals surface area contributed by atoms with Gasteiger partial charge in [-0.05, 0) is 92.5 Å². The lowest BCUT2D eigenvalue weighted by Crippen LogP contribution is -2.59. The molecule has 6 heteroatoms. The molecule has 1 amide bonds. The third-order valence-corrected chi connectivity index (χ3v) is 7.80. The van der Waals surface area contributed by atoms with E-state index in [4.69, 9.17) is 10.5 Å². The SMILES string of the molecule is NCCc1ccc(OCCCc2ccc(-c3ccccc3)c(N(C(=O)O)C3CN4CCC3CC4)c2)cc1. The predicted molar refractivity (Wildman–Crippen MR) is 148 cm³/mol. The highest BCUT2D eigenvalue weighted by atomic mass is 16.5. The molecule has 3 heterocycles. The van der Waals surface area contributed by atoms with E-state index < -0.39 is 6.09 Å². The number of hydrogen-bond acceptors (Lipinski definition) is 4. The van der Waals surface area contributed by atoms with Gasteiger partial charge in [-0.1, -0.05) is 54.6 Å². The fraction of sp³-hybridized carbons (Fsp3) is 0.387. The molecule has 194 valence electrons. The van der Waals surface area contributed by atoms with Crippen LogP contribution in [0.5, 0.6) is 5.75 Å². The van der Waals surface area contributed by atoms with Crippen LogP contribution in [0.25, 0.3) is 11.1 Å². The van der Waals surface area contributed by atoms with Crippen LogP contribution in [0.4, 0.5) is 10.5 Å². The van der Waals surface area contributed by atoms with E-state index in [9.17, 15) is 9.90 Å². The van der Waals surface area contributed by atoms with Crippen molar-refractivity contribution >= 4 is 11.8 Å². The van der Waals surface area contributed by atoms with E-state index in [-0.39, 0.29) is 6.04 Å². The molecule has 3 fully saturated rings. The van der Waals surface area contributed by atoms with Crippen LogP contribution in [0, 0.1) is 5.92 Å². The second-order valence-electron chi connectivity index (χ2n) is 10.2. The number of carboxylic acid groups (broad SMARTS) is 1. The molecule has 1 unspecified atom stereocenters. The molecule has 3 aromatic carbocycles. The maximum Gasteiger partial charge on any atom is 0.412 e. The summed E-state index contributed by atoms with van der Waals surface area (Å²) < 4.78 is 5.96. The van der Waals surface area contributed by atoms with E-state index in [0.717, 1.165) is 79.9 Å². The van der Waals surface area contributed by atoms with Gasteiger partial charge in [-0.25, -0.2) is 4.79 Å². The van der Waals surface area contributed by atoms with E-state index in [1.807, 2.05) is 30.3 Å². The van der Waals surface area contributed by atoms with Gasteiger partial charge in [-0.2, -0.15) is 0 Å². The van der Waals surface area contributed by atoms with Crippen LogP contribution in [0.3, 0.4) is 0 Å². The molecular formula is C31H37N3O3. The van der Waals surface area contributed by atoms with Gasteiger partial charge >= 0.3 is 6.09 Å². The Morgan fingerprint density at radius 3 is 2.35 bits per heavy atom. The van der Waals surface area contributed by atoms with E-state index in [0.29, 0.717) is 19.1 Å². The minimum absolute atomic E-state index is 0.0108. The quantitative estimate of drug-likeness (QED) is 0.363. The van der Waals surface area contributed by atoms with Crippen molar-refractivity contribution in [3.05, 3.63) is 83.9 Å². The molecule has 0 radical (unpaired) electrons. The molecule has 2 bridgehead atoms. The average Bonchev–Trinajstić information content (AvgIpc) is 2.93. The number of nitrogens with zero attached hydrogens (tertiary/aromatic N) is 2. The molecule has 1 atom stereocenters. The van der Waals surface area contributed by atoms with Crippen molar-refractivity contribution in [3.63, 3.8) is 0 Å². The van der Waals surface area contributed by atoms with Crippen molar-refractivity contribution in [1.82, 2.24) is 4.90 Å². The predicted octanol–water partition coefficient (Wildman–Crippen LogP) is 5.45. The first-order chi connectivity index (χ1) is 18.1. The zero-order chi connectivity index (χ0) is 25.6. The lowest BCUT2D eigenvalue weighted by atomic mass is 9.82. The number of amides is 1. The molecule has 37 heavy (non-hydrogen) atoms. The molecule has 3 N–H and O–H groups in total. The molecule has 3 aromatic rings. The van der Waals surface area contributed by atoms with E-state index in [2.05, 4.69) is 47.4 Å². The monoisotopic (exact) mass is 499 g/mol. The van der Waals surface area contributed by atoms with Gasteiger partial charge in [0.25, 0.3) is 0 Å². The number of ether oxygens (including phenoxy) is 1. The fourth-order valence-electron chi connectivity index (χ4n) is 5.83. The number of aryl methyl sites for hydroxylation is 1. The smallest absolute Gasteiger partial charge is 0.412 e. The summed E-state index contributed by atoms with van der Waals surface area (Å²) in [6.07, 6.45) is 3.81. The summed E-state index contributed by atoms with van der Waals surface area (Å²) in [6, 6.07) is 24.5. The highest BCUT2D eigenvalue weighted by molar-refractivity contribution is 5.94.